The van der Waals surface area contributed by atoms with Crippen molar-refractivity contribution in [1.29, 1.82) is 0 Å². The van der Waals surface area contributed by atoms with E-state index in [0.717, 1.165) is 5.75 Å². The third-order valence-electron chi connectivity index (χ3n) is 3.06. The predicted octanol–water partition coefficient (Wildman–Crippen LogP) is 1.67. The Morgan fingerprint density at radius 1 is 1.33 bits per heavy atom. The molecule has 0 saturated carbocycles. The molecule has 0 fully saturated rings. The molecule has 0 spiro atoms. The minimum absolute atomic E-state index is 0.0512. The van der Waals surface area contributed by atoms with Crippen LogP contribution in [0, 0.1) is 0 Å². The number of sulfonamides is 1. The average Bonchev–Trinajstić information content (AvgIpc) is 2.43. The smallest absolute Gasteiger partial charge is 0.240 e. The van der Waals surface area contributed by atoms with E-state index in [-0.39, 0.29) is 17.2 Å². The highest BCUT2D eigenvalue weighted by Crippen LogP contribution is 2.15. The Kier molecular flexibility index (Phi) is 6.40. The van der Waals surface area contributed by atoms with Gasteiger partial charge in [0, 0.05) is 12.1 Å². The molecule has 0 aliphatic carbocycles. The van der Waals surface area contributed by atoms with E-state index < -0.39 is 15.6 Å². The molecule has 1 rings (SSSR count). The van der Waals surface area contributed by atoms with Crippen LogP contribution in [0.4, 0.5) is 0 Å². The molecule has 0 bridgehead atoms. The number of carbonyl (C=O) groups is 1. The van der Waals surface area contributed by atoms with E-state index in [9.17, 15) is 18.3 Å². The van der Waals surface area contributed by atoms with Crippen molar-refractivity contribution in [3.05, 3.63) is 29.8 Å². The van der Waals surface area contributed by atoms with Crippen LogP contribution in [0.1, 0.15) is 30.6 Å². The number of rotatable bonds is 8. The number of carbonyl (C=O) groups excluding carboxylic acids is 1. The number of hydrogen-bond acceptors (Lipinski definition) is 5. The van der Waals surface area contributed by atoms with Gasteiger partial charge in [-0.2, -0.15) is 11.8 Å². The first kappa shape index (κ1) is 18.2. The van der Waals surface area contributed by atoms with E-state index in [1.807, 2.05) is 6.26 Å². The summed E-state index contributed by atoms with van der Waals surface area (Å²) < 4.78 is 26.6. The van der Waals surface area contributed by atoms with Crippen LogP contribution in [0.2, 0.25) is 0 Å². The molecule has 2 N–H and O–H groups in total. The fourth-order valence-electron chi connectivity index (χ4n) is 1.61. The fraction of sp³-hybridized carbons (Fsp3) is 0.500. The van der Waals surface area contributed by atoms with Gasteiger partial charge in [0.25, 0.3) is 0 Å². The Morgan fingerprint density at radius 3 is 2.38 bits per heavy atom. The van der Waals surface area contributed by atoms with Crippen molar-refractivity contribution in [2.45, 2.75) is 30.8 Å². The van der Waals surface area contributed by atoms with Gasteiger partial charge in [0.05, 0.1) is 10.5 Å². The Morgan fingerprint density at radius 2 is 1.90 bits per heavy atom. The molecule has 0 aliphatic rings. The van der Waals surface area contributed by atoms with Crippen molar-refractivity contribution in [2.75, 3.05) is 18.6 Å². The molecule has 0 unspecified atom stereocenters. The lowest BCUT2D eigenvalue weighted by Gasteiger charge is -2.23. The van der Waals surface area contributed by atoms with E-state index in [1.165, 1.54) is 31.2 Å². The Hall–Kier alpha value is -0.890. The quantitative estimate of drug-likeness (QED) is 0.708. The molecule has 1 aromatic rings. The number of thioether (sulfide) groups is 1. The molecule has 0 saturated heterocycles. The van der Waals surface area contributed by atoms with E-state index in [0.29, 0.717) is 12.0 Å². The average molecular weight is 331 g/mol. The van der Waals surface area contributed by atoms with Crippen LogP contribution in [0.3, 0.4) is 0 Å². The summed E-state index contributed by atoms with van der Waals surface area (Å²) in [6, 6.07) is 5.72. The zero-order valence-electron chi connectivity index (χ0n) is 12.4. The van der Waals surface area contributed by atoms with Gasteiger partial charge in [0.2, 0.25) is 10.0 Å². The molecule has 1 atom stereocenters. The van der Waals surface area contributed by atoms with Crippen molar-refractivity contribution >= 4 is 27.6 Å². The Labute approximate surface area is 130 Å². The molecule has 118 valence electrons. The van der Waals surface area contributed by atoms with E-state index >= 15 is 0 Å². The summed E-state index contributed by atoms with van der Waals surface area (Å²) in [6.07, 6.45) is 2.43. The Balaban J connectivity index is 2.75. The second-order valence-corrected chi connectivity index (χ2v) is 7.90. The van der Waals surface area contributed by atoms with Gasteiger partial charge in [0.1, 0.15) is 0 Å². The highest BCUT2D eigenvalue weighted by molar-refractivity contribution is 7.98. The highest BCUT2D eigenvalue weighted by Gasteiger charge is 2.23. The van der Waals surface area contributed by atoms with Crippen molar-refractivity contribution in [2.24, 2.45) is 0 Å². The Bertz CT molecular complexity index is 579. The first-order valence-electron chi connectivity index (χ1n) is 6.50. The van der Waals surface area contributed by atoms with Crippen LogP contribution >= 0.6 is 11.8 Å². The molecule has 0 aliphatic heterocycles. The first-order valence-corrected chi connectivity index (χ1v) is 9.38. The van der Waals surface area contributed by atoms with Gasteiger partial charge < -0.3 is 5.11 Å². The SMILES string of the molecule is CSCC[C@@](C)(O)CNS(=O)(=O)c1ccc(C(C)=O)cc1. The zero-order chi connectivity index (χ0) is 16.1. The van der Waals surface area contributed by atoms with Crippen LogP contribution in [0.5, 0.6) is 0 Å². The fourth-order valence-corrected chi connectivity index (χ4v) is 3.42. The minimum Gasteiger partial charge on any atom is -0.389 e. The van der Waals surface area contributed by atoms with Gasteiger partial charge in [-0.3, -0.25) is 4.79 Å². The highest BCUT2D eigenvalue weighted by atomic mass is 32.2. The van der Waals surface area contributed by atoms with Crippen LogP contribution in [0.25, 0.3) is 0 Å². The van der Waals surface area contributed by atoms with Crippen LogP contribution in [-0.4, -0.2) is 43.5 Å². The minimum atomic E-state index is -3.69. The van der Waals surface area contributed by atoms with Crippen LogP contribution in [0.15, 0.2) is 29.2 Å². The molecule has 0 aromatic heterocycles. The second-order valence-electron chi connectivity index (χ2n) is 5.14. The molecule has 0 radical (unpaired) electrons. The molecule has 21 heavy (non-hydrogen) atoms. The van der Waals surface area contributed by atoms with Gasteiger partial charge in [-0.25, -0.2) is 13.1 Å². The summed E-state index contributed by atoms with van der Waals surface area (Å²) in [5, 5.41) is 10.1. The summed E-state index contributed by atoms with van der Waals surface area (Å²) in [6.45, 7) is 2.97. The summed E-state index contributed by atoms with van der Waals surface area (Å²) >= 11 is 1.59. The number of aliphatic hydroxyl groups is 1. The van der Waals surface area contributed by atoms with Gasteiger partial charge in [-0.15, -0.1) is 0 Å². The molecular formula is C14H21NO4S2. The van der Waals surface area contributed by atoms with Crippen molar-refractivity contribution in [3.63, 3.8) is 0 Å². The molecule has 0 amide bonds. The van der Waals surface area contributed by atoms with Crippen molar-refractivity contribution < 1.29 is 18.3 Å². The topological polar surface area (TPSA) is 83.5 Å². The summed E-state index contributed by atoms with van der Waals surface area (Å²) in [5.74, 6) is 0.633. The largest absolute Gasteiger partial charge is 0.389 e. The maximum Gasteiger partial charge on any atom is 0.240 e. The summed E-state index contributed by atoms with van der Waals surface area (Å²) in [7, 11) is -3.69. The first-order chi connectivity index (χ1) is 9.68. The second kappa shape index (κ2) is 7.40. The molecular weight excluding hydrogens is 310 g/mol. The standard InChI is InChI=1S/C14H21NO4S2/c1-11(16)12-4-6-13(7-5-12)21(18,19)15-10-14(2,17)8-9-20-3/h4-7,15,17H,8-10H2,1-3H3/t14-/m1/s1. The molecule has 0 heterocycles. The van der Waals surface area contributed by atoms with Crippen molar-refractivity contribution in [3.8, 4) is 0 Å². The van der Waals surface area contributed by atoms with Crippen LogP contribution < -0.4 is 4.72 Å². The maximum absolute atomic E-state index is 12.1. The lowest BCUT2D eigenvalue weighted by molar-refractivity contribution is 0.0626. The normalized spacial score (nSPS) is 14.7. The zero-order valence-corrected chi connectivity index (χ0v) is 14.1. The number of nitrogens with one attached hydrogen (secondary N) is 1. The number of hydrogen-bond donors (Lipinski definition) is 2. The van der Waals surface area contributed by atoms with Gasteiger partial charge in [0.15, 0.2) is 5.78 Å². The van der Waals surface area contributed by atoms with Gasteiger partial charge >= 0.3 is 0 Å². The van der Waals surface area contributed by atoms with E-state index in [2.05, 4.69) is 4.72 Å². The number of ketones is 1. The maximum atomic E-state index is 12.1. The van der Waals surface area contributed by atoms with E-state index in [1.54, 1.807) is 18.7 Å². The van der Waals surface area contributed by atoms with Crippen molar-refractivity contribution in [1.82, 2.24) is 4.72 Å². The van der Waals surface area contributed by atoms with Gasteiger partial charge in [-0.1, -0.05) is 12.1 Å². The number of benzene rings is 1. The van der Waals surface area contributed by atoms with Crippen LogP contribution in [-0.2, 0) is 10.0 Å². The monoisotopic (exact) mass is 331 g/mol. The third-order valence-corrected chi connectivity index (χ3v) is 5.09. The number of Topliss-reactive ketones (excluding diaryl/α,β-unsaturated/α-hetero) is 1. The van der Waals surface area contributed by atoms with E-state index in [4.69, 9.17) is 0 Å². The molecule has 5 nitrogen and oxygen atoms in total. The molecule has 1 aromatic carbocycles. The lowest BCUT2D eigenvalue weighted by atomic mass is 10.1. The lowest BCUT2D eigenvalue weighted by Crippen LogP contribution is -2.41. The molecule has 7 heteroatoms. The summed E-state index contributed by atoms with van der Waals surface area (Å²) in [5.41, 5.74) is -0.629. The summed E-state index contributed by atoms with van der Waals surface area (Å²) in [4.78, 5) is 11.2. The van der Waals surface area contributed by atoms with Gasteiger partial charge in [-0.05, 0) is 44.4 Å². The predicted molar refractivity (Wildman–Crippen MR) is 85.3 cm³/mol. The third kappa shape index (κ3) is 5.78.